The Labute approximate surface area is 154 Å². The molecule has 26 heavy (non-hydrogen) atoms. The van der Waals surface area contributed by atoms with Gasteiger partial charge in [0.2, 0.25) is 5.91 Å². The molecule has 0 saturated carbocycles. The maximum absolute atomic E-state index is 12.5. The van der Waals surface area contributed by atoms with Gasteiger partial charge in [0.25, 0.3) is 0 Å². The van der Waals surface area contributed by atoms with Crippen molar-refractivity contribution in [3.05, 3.63) is 65.7 Å². The predicted octanol–water partition coefficient (Wildman–Crippen LogP) is 2.33. The SMILES string of the molecule is CC(=O)NCc1ccc(C(=O)CN2CCN(c3ccccc3)CC2)cc1. The first-order chi connectivity index (χ1) is 12.6. The van der Waals surface area contributed by atoms with E-state index >= 15 is 0 Å². The van der Waals surface area contributed by atoms with Crippen LogP contribution in [0, 0.1) is 0 Å². The van der Waals surface area contributed by atoms with Gasteiger partial charge in [-0.1, -0.05) is 42.5 Å². The Morgan fingerprint density at radius 3 is 2.19 bits per heavy atom. The highest BCUT2D eigenvalue weighted by atomic mass is 16.1. The molecule has 1 saturated heterocycles. The molecule has 0 spiro atoms. The number of amides is 1. The number of para-hydroxylation sites is 1. The molecular formula is C21H25N3O2. The molecule has 0 unspecified atom stereocenters. The lowest BCUT2D eigenvalue weighted by atomic mass is 10.1. The number of nitrogens with one attached hydrogen (secondary N) is 1. The zero-order valence-electron chi connectivity index (χ0n) is 15.1. The lowest BCUT2D eigenvalue weighted by Crippen LogP contribution is -2.48. The Hall–Kier alpha value is -2.66. The fourth-order valence-corrected chi connectivity index (χ4v) is 3.13. The average molecular weight is 351 g/mol. The Bertz CT molecular complexity index is 736. The first-order valence-electron chi connectivity index (χ1n) is 9.01. The number of hydrogen-bond donors (Lipinski definition) is 1. The van der Waals surface area contributed by atoms with Gasteiger partial charge in [0.1, 0.15) is 0 Å². The Morgan fingerprint density at radius 1 is 0.923 bits per heavy atom. The monoisotopic (exact) mass is 351 g/mol. The van der Waals surface area contributed by atoms with E-state index in [-0.39, 0.29) is 11.7 Å². The van der Waals surface area contributed by atoms with Crippen LogP contribution in [0.3, 0.4) is 0 Å². The van der Waals surface area contributed by atoms with Crippen molar-refractivity contribution < 1.29 is 9.59 Å². The second-order valence-corrected chi connectivity index (χ2v) is 6.63. The fourth-order valence-electron chi connectivity index (χ4n) is 3.13. The summed E-state index contributed by atoms with van der Waals surface area (Å²) in [5, 5.41) is 2.76. The highest BCUT2D eigenvalue weighted by Gasteiger charge is 2.19. The molecule has 1 N–H and O–H groups in total. The molecule has 3 rings (SSSR count). The summed E-state index contributed by atoms with van der Waals surface area (Å²) in [7, 11) is 0. The maximum Gasteiger partial charge on any atom is 0.217 e. The summed E-state index contributed by atoms with van der Waals surface area (Å²) in [5.74, 6) is 0.0871. The van der Waals surface area contributed by atoms with Gasteiger partial charge in [0.15, 0.2) is 5.78 Å². The lowest BCUT2D eigenvalue weighted by Gasteiger charge is -2.35. The molecule has 5 heteroatoms. The first kappa shape index (κ1) is 18.1. The van der Waals surface area contributed by atoms with Crippen LogP contribution in [0.15, 0.2) is 54.6 Å². The first-order valence-corrected chi connectivity index (χ1v) is 9.01. The van der Waals surface area contributed by atoms with Crippen LogP contribution in [-0.4, -0.2) is 49.3 Å². The van der Waals surface area contributed by atoms with Gasteiger partial charge < -0.3 is 10.2 Å². The zero-order chi connectivity index (χ0) is 18.4. The molecule has 0 atom stereocenters. The van der Waals surface area contributed by atoms with Gasteiger partial charge in [0, 0.05) is 50.9 Å². The van der Waals surface area contributed by atoms with Crippen molar-refractivity contribution in [1.82, 2.24) is 10.2 Å². The molecule has 136 valence electrons. The summed E-state index contributed by atoms with van der Waals surface area (Å²) < 4.78 is 0. The van der Waals surface area contributed by atoms with Crippen LogP contribution in [0.2, 0.25) is 0 Å². The fraction of sp³-hybridized carbons (Fsp3) is 0.333. The number of anilines is 1. The van der Waals surface area contributed by atoms with Crippen LogP contribution in [0.25, 0.3) is 0 Å². The molecule has 2 aromatic rings. The molecule has 1 aliphatic rings. The summed E-state index contributed by atoms with van der Waals surface area (Å²) in [5.41, 5.74) is 2.96. The van der Waals surface area contributed by atoms with Gasteiger partial charge in [-0.2, -0.15) is 0 Å². The van der Waals surface area contributed by atoms with E-state index < -0.39 is 0 Å². The summed E-state index contributed by atoms with van der Waals surface area (Å²) >= 11 is 0. The highest BCUT2D eigenvalue weighted by Crippen LogP contribution is 2.16. The summed E-state index contributed by atoms with van der Waals surface area (Å²) in [6, 6.07) is 17.9. The third-order valence-corrected chi connectivity index (χ3v) is 4.68. The molecular weight excluding hydrogens is 326 g/mol. The Kier molecular flexibility index (Phi) is 6.02. The standard InChI is InChI=1S/C21H25N3O2/c1-17(25)22-15-18-7-9-19(10-8-18)21(26)16-23-11-13-24(14-12-23)20-5-3-2-4-6-20/h2-10H,11-16H2,1H3,(H,22,25). The van der Waals surface area contributed by atoms with Crippen molar-refractivity contribution in [2.45, 2.75) is 13.5 Å². The predicted molar refractivity (Wildman–Crippen MR) is 103 cm³/mol. The molecule has 0 radical (unpaired) electrons. The van der Waals surface area contributed by atoms with Crippen molar-refractivity contribution in [3.63, 3.8) is 0 Å². The van der Waals surface area contributed by atoms with E-state index in [4.69, 9.17) is 0 Å². The zero-order valence-corrected chi connectivity index (χ0v) is 15.1. The van der Waals surface area contributed by atoms with Crippen molar-refractivity contribution in [3.8, 4) is 0 Å². The van der Waals surface area contributed by atoms with Gasteiger partial charge in [-0.3, -0.25) is 14.5 Å². The number of Topliss-reactive ketones (excluding diaryl/α,β-unsaturated/α-hetero) is 1. The second-order valence-electron chi connectivity index (χ2n) is 6.63. The van der Waals surface area contributed by atoms with Crippen LogP contribution in [0.4, 0.5) is 5.69 Å². The molecule has 0 bridgehead atoms. The molecule has 1 aliphatic heterocycles. The lowest BCUT2D eigenvalue weighted by molar-refractivity contribution is -0.119. The minimum Gasteiger partial charge on any atom is -0.369 e. The third-order valence-electron chi connectivity index (χ3n) is 4.68. The number of ketones is 1. The Morgan fingerprint density at radius 2 is 1.58 bits per heavy atom. The van der Waals surface area contributed by atoms with Crippen molar-refractivity contribution in [2.75, 3.05) is 37.6 Å². The van der Waals surface area contributed by atoms with Gasteiger partial charge in [-0.05, 0) is 17.7 Å². The van der Waals surface area contributed by atoms with Crippen LogP contribution in [-0.2, 0) is 11.3 Å². The Balaban J connectivity index is 1.49. The smallest absolute Gasteiger partial charge is 0.217 e. The van der Waals surface area contributed by atoms with E-state index in [9.17, 15) is 9.59 Å². The van der Waals surface area contributed by atoms with Crippen LogP contribution < -0.4 is 10.2 Å². The van der Waals surface area contributed by atoms with E-state index in [1.807, 2.05) is 30.3 Å². The second kappa shape index (κ2) is 8.63. The van der Waals surface area contributed by atoms with Crippen LogP contribution in [0.5, 0.6) is 0 Å². The van der Waals surface area contributed by atoms with Gasteiger partial charge in [0.05, 0.1) is 6.54 Å². The van der Waals surface area contributed by atoms with E-state index in [1.54, 1.807) is 0 Å². The van der Waals surface area contributed by atoms with Crippen molar-refractivity contribution in [2.24, 2.45) is 0 Å². The normalized spacial score (nSPS) is 14.9. The minimum atomic E-state index is -0.0557. The number of carbonyl (C=O) groups excluding carboxylic acids is 2. The van der Waals surface area contributed by atoms with E-state index in [1.165, 1.54) is 12.6 Å². The number of piperazine rings is 1. The third kappa shape index (κ3) is 4.92. The van der Waals surface area contributed by atoms with Crippen LogP contribution in [0.1, 0.15) is 22.8 Å². The van der Waals surface area contributed by atoms with Crippen LogP contribution >= 0.6 is 0 Å². The topological polar surface area (TPSA) is 52.7 Å². The number of hydrogen-bond acceptors (Lipinski definition) is 4. The minimum absolute atomic E-state index is 0.0557. The summed E-state index contributed by atoms with van der Waals surface area (Å²) in [6.45, 7) is 6.09. The van der Waals surface area contributed by atoms with E-state index in [0.29, 0.717) is 13.1 Å². The number of nitrogens with zero attached hydrogens (tertiary/aromatic N) is 2. The van der Waals surface area contributed by atoms with Crippen molar-refractivity contribution >= 4 is 17.4 Å². The number of rotatable bonds is 6. The van der Waals surface area contributed by atoms with Gasteiger partial charge in [-0.15, -0.1) is 0 Å². The van der Waals surface area contributed by atoms with Crippen molar-refractivity contribution in [1.29, 1.82) is 0 Å². The summed E-state index contributed by atoms with van der Waals surface area (Å²) in [4.78, 5) is 28.0. The molecule has 0 aromatic heterocycles. The van der Waals surface area contributed by atoms with Gasteiger partial charge in [-0.25, -0.2) is 0 Å². The highest BCUT2D eigenvalue weighted by molar-refractivity contribution is 5.97. The quantitative estimate of drug-likeness (QED) is 0.812. The number of carbonyl (C=O) groups is 2. The molecule has 1 amide bonds. The van der Waals surface area contributed by atoms with E-state index in [2.05, 4.69) is 39.4 Å². The van der Waals surface area contributed by atoms with Gasteiger partial charge >= 0.3 is 0 Å². The molecule has 5 nitrogen and oxygen atoms in total. The maximum atomic E-state index is 12.5. The molecule has 1 heterocycles. The molecule has 0 aliphatic carbocycles. The van der Waals surface area contributed by atoms with E-state index in [0.717, 1.165) is 37.3 Å². The largest absolute Gasteiger partial charge is 0.369 e. The average Bonchev–Trinajstić information content (AvgIpc) is 2.68. The molecule has 2 aromatic carbocycles. The summed E-state index contributed by atoms with van der Waals surface area (Å²) in [6.07, 6.45) is 0. The number of benzene rings is 2. The molecule has 1 fully saturated rings.